The van der Waals surface area contributed by atoms with Gasteiger partial charge in [0.05, 0.1) is 23.8 Å². The van der Waals surface area contributed by atoms with Crippen molar-refractivity contribution in [1.29, 1.82) is 0 Å². The van der Waals surface area contributed by atoms with Gasteiger partial charge in [0, 0.05) is 6.04 Å². The fourth-order valence-corrected chi connectivity index (χ4v) is 3.10. The first-order chi connectivity index (χ1) is 10.8. The lowest BCUT2D eigenvalue weighted by atomic mass is 10.3. The van der Waals surface area contributed by atoms with Crippen molar-refractivity contribution in [3.63, 3.8) is 0 Å². The van der Waals surface area contributed by atoms with Gasteiger partial charge in [-0.1, -0.05) is 6.92 Å². The van der Waals surface area contributed by atoms with E-state index >= 15 is 0 Å². The summed E-state index contributed by atoms with van der Waals surface area (Å²) >= 11 is 0. The second kappa shape index (κ2) is 8.73. The lowest BCUT2D eigenvalue weighted by molar-refractivity contribution is 0.167. The van der Waals surface area contributed by atoms with Crippen LogP contribution in [0.1, 0.15) is 34.1 Å². The summed E-state index contributed by atoms with van der Waals surface area (Å²) in [6, 6.07) is 4.11. The van der Waals surface area contributed by atoms with E-state index in [1.54, 1.807) is 20.8 Å². The highest BCUT2D eigenvalue weighted by Crippen LogP contribution is 2.28. The molecule has 0 saturated heterocycles. The van der Waals surface area contributed by atoms with Crippen LogP contribution in [0.4, 0.5) is 10.5 Å². The zero-order chi connectivity index (χ0) is 17.5. The minimum atomic E-state index is -3.67. The van der Waals surface area contributed by atoms with Crippen LogP contribution in [0.25, 0.3) is 0 Å². The highest BCUT2D eigenvalue weighted by Gasteiger charge is 2.19. The number of nitrogens with one attached hydrogen (secondary N) is 2. The smallest absolute Gasteiger partial charge is 0.411 e. The number of ether oxygens (including phenoxy) is 2. The molecule has 0 unspecified atom stereocenters. The first-order valence-electron chi connectivity index (χ1n) is 7.56. The Morgan fingerprint density at radius 1 is 1.22 bits per heavy atom. The van der Waals surface area contributed by atoms with E-state index in [-0.39, 0.29) is 23.2 Å². The van der Waals surface area contributed by atoms with Gasteiger partial charge >= 0.3 is 6.09 Å². The zero-order valence-electron chi connectivity index (χ0n) is 13.9. The second-order valence-corrected chi connectivity index (χ2v) is 6.58. The minimum Gasteiger partial charge on any atom is -0.492 e. The minimum absolute atomic E-state index is 0.0491. The Hall–Kier alpha value is -1.80. The number of sulfonamides is 1. The lowest BCUT2D eigenvalue weighted by Gasteiger charge is -2.15. The van der Waals surface area contributed by atoms with Crippen LogP contribution in [0.15, 0.2) is 23.1 Å². The topological polar surface area (TPSA) is 93.7 Å². The molecule has 0 aliphatic heterocycles. The Morgan fingerprint density at radius 2 is 1.91 bits per heavy atom. The van der Waals surface area contributed by atoms with Gasteiger partial charge in [0.25, 0.3) is 0 Å². The molecule has 1 atom stereocenters. The molecule has 2 N–H and O–H groups in total. The molecule has 8 heteroatoms. The molecule has 0 aliphatic carbocycles. The van der Waals surface area contributed by atoms with Crippen molar-refractivity contribution in [3.8, 4) is 5.75 Å². The van der Waals surface area contributed by atoms with Gasteiger partial charge < -0.3 is 9.47 Å². The molecule has 0 bridgehead atoms. The second-order valence-electron chi connectivity index (χ2n) is 4.87. The van der Waals surface area contributed by atoms with Gasteiger partial charge in [0.15, 0.2) is 0 Å². The Kier molecular flexibility index (Phi) is 7.31. The summed E-state index contributed by atoms with van der Waals surface area (Å²) in [6.45, 7) is 7.74. The molecule has 1 aromatic carbocycles. The molecule has 0 fully saturated rings. The Labute approximate surface area is 137 Å². The number of anilines is 1. The summed E-state index contributed by atoms with van der Waals surface area (Å²) in [5, 5.41) is 2.50. The van der Waals surface area contributed by atoms with E-state index in [1.807, 2.05) is 6.92 Å². The Balaban J connectivity index is 3.14. The van der Waals surface area contributed by atoms with Crippen molar-refractivity contribution in [3.05, 3.63) is 18.2 Å². The molecule has 1 rings (SSSR count). The number of amides is 1. The molecule has 1 aromatic rings. The van der Waals surface area contributed by atoms with Crippen molar-refractivity contribution in [2.75, 3.05) is 18.5 Å². The average molecular weight is 344 g/mol. The van der Waals surface area contributed by atoms with Crippen LogP contribution < -0.4 is 14.8 Å². The fourth-order valence-electron chi connectivity index (χ4n) is 1.75. The third kappa shape index (κ3) is 5.72. The summed E-state index contributed by atoms with van der Waals surface area (Å²) < 4.78 is 37.5. The number of hydrogen-bond acceptors (Lipinski definition) is 5. The molecule has 0 saturated carbocycles. The van der Waals surface area contributed by atoms with Gasteiger partial charge in [-0.25, -0.2) is 17.9 Å². The summed E-state index contributed by atoms with van der Waals surface area (Å²) in [4.78, 5) is 11.6. The van der Waals surface area contributed by atoms with E-state index in [0.29, 0.717) is 18.8 Å². The zero-order valence-corrected chi connectivity index (χ0v) is 14.7. The Morgan fingerprint density at radius 3 is 2.48 bits per heavy atom. The van der Waals surface area contributed by atoms with Crippen molar-refractivity contribution in [2.45, 2.75) is 45.1 Å². The summed E-state index contributed by atoms with van der Waals surface area (Å²) in [5.74, 6) is 0.378. The summed E-state index contributed by atoms with van der Waals surface area (Å²) in [6.07, 6.45) is 0.00220. The van der Waals surface area contributed by atoms with E-state index in [9.17, 15) is 13.2 Å². The first-order valence-corrected chi connectivity index (χ1v) is 9.05. The predicted molar refractivity (Wildman–Crippen MR) is 88.3 cm³/mol. The van der Waals surface area contributed by atoms with Crippen LogP contribution in [0.2, 0.25) is 0 Å². The summed E-state index contributed by atoms with van der Waals surface area (Å²) in [5.41, 5.74) is 0.248. The maximum atomic E-state index is 12.3. The molecule has 130 valence electrons. The van der Waals surface area contributed by atoms with Crippen LogP contribution >= 0.6 is 0 Å². The third-order valence-electron chi connectivity index (χ3n) is 3.04. The molecule has 23 heavy (non-hydrogen) atoms. The van der Waals surface area contributed by atoms with E-state index in [2.05, 4.69) is 10.0 Å². The van der Waals surface area contributed by atoms with Gasteiger partial charge in [0.2, 0.25) is 10.0 Å². The van der Waals surface area contributed by atoms with Gasteiger partial charge in [-0.3, -0.25) is 5.32 Å². The normalized spacial score (nSPS) is 12.5. The lowest BCUT2D eigenvalue weighted by Crippen LogP contribution is -2.32. The Bertz CT molecular complexity index is 631. The monoisotopic (exact) mass is 344 g/mol. The molecular weight excluding hydrogens is 320 g/mol. The van der Waals surface area contributed by atoms with Gasteiger partial charge in [0.1, 0.15) is 5.75 Å². The number of benzene rings is 1. The number of rotatable bonds is 8. The SMILES string of the molecule is CCOC(=O)Nc1cc(S(=O)(=O)N[C@H](C)CC)ccc1OCC. The van der Waals surface area contributed by atoms with E-state index < -0.39 is 16.1 Å². The van der Waals surface area contributed by atoms with Gasteiger partial charge in [-0.05, 0) is 45.4 Å². The van der Waals surface area contributed by atoms with Crippen molar-refractivity contribution < 1.29 is 22.7 Å². The van der Waals surface area contributed by atoms with Crippen LogP contribution in [0.3, 0.4) is 0 Å². The van der Waals surface area contributed by atoms with Crippen LogP contribution in [0.5, 0.6) is 5.75 Å². The summed E-state index contributed by atoms with van der Waals surface area (Å²) in [7, 11) is -3.67. The first kappa shape index (κ1) is 19.2. The number of carbonyl (C=O) groups is 1. The van der Waals surface area contributed by atoms with Crippen molar-refractivity contribution in [1.82, 2.24) is 4.72 Å². The largest absolute Gasteiger partial charge is 0.492 e. The highest BCUT2D eigenvalue weighted by molar-refractivity contribution is 7.89. The molecule has 0 heterocycles. The number of hydrogen-bond donors (Lipinski definition) is 2. The molecular formula is C15H24N2O5S. The van der Waals surface area contributed by atoms with Gasteiger partial charge in [-0.2, -0.15) is 0 Å². The predicted octanol–water partition coefficient (Wildman–Crippen LogP) is 2.73. The van der Waals surface area contributed by atoms with E-state index in [4.69, 9.17) is 9.47 Å². The van der Waals surface area contributed by atoms with Crippen LogP contribution in [-0.4, -0.2) is 33.8 Å². The molecule has 7 nitrogen and oxygen atoms in total. The van der Waals surface area contributed by atoms with Crippen LogP contribution in [0, 0.1) is 0 Å². The maximum absolute atomic E-state index is 12.3. The average Bonchev–Trinajstić information content (AvgIpc) is 2.48. The van der Waals surface area contributed by atoms with Crippen molar-refractivity contribution >= 4 is 21.8 Å². The third-order valence-corrected chi connectivity index (χ3v) is 4.63. The molecule has 0 aliphatic rings. The van der Waals surface area contributed by atoms with Crippen LogP contribution in [-0.2, 0) is 14.8 Å². The maximum Gasteiger partial charge on any atom is 0.411 e. The highest BCUT2D eigenvalue weighted by atomic mass is 32.2. The fraction of sp³-hybridized carbons (Fsp3) is 0.533. The standard InChI is InChI=1S/C15H24N2O5S/c1-5-11(4)17-23(19,20)12-8-9-14(21-6-2)13(10-12)16-15(18)22-7-3/h8-11,17H,5-7H2,1-4H3,(H,16,18)/t11-/m1/s1. The quantitative estimate of drug-likeness (QED) is 0.756. The van der Waals surface area contributed by atoms with E-state index in [0.717, 1.165) is 0 Å². The molecule has 0 radical (unpaired) electrons. The van der Waals surface area contributed by atoms with Gasteiger partial charge in [-0.15, -0.1) is 0 Å². The molecule has 0 aromatic heterocycles. The van der Waals surface area contributed by atoms with Crippen molar-refractivity contribution in [2.24, 2.45) is 0 Å². The van der Waals surface area contributed by atoms with E-state index in [1.165, 1.54) is 18.2 Å². The number of carbonyl (C=O) groups excluding carboxylic acids is 1. The molecule has 0 spiro atoms. The molecule has 1 amide bonds.